The van der Waals surface area contributed by atoms with Gasteiger partial charge in [0, 0.05) is 58.4 Å². The van der Waals surface area contributed by atoms with Crippen molar-refractivity contribution in [2.45, 2.75) is 65.3 Å². The molecule has 1 amide bonds. The molecule has 8 nitrogen and oxygen atoms in total. The van der Waals surface area contributed by atoms with Crippen molar-refractivity contribution in [3.63, 3.8) is 0 Å². The number of amides is 1. The predicted molar refractivity (Wildman–Crippen MR) is 144 cm³/mol. The van der Waals surface area contributed by atoms with Gasteiger partial charge in [-0.2, -0.15) is 9.78 Å². The zero-order valence-corrected chi connectivity index (χ0v) is 22.4. The topological polar surface area (TPSA) is 69.5 Å². The third-order valence-electron chi connectivity index (χ3n) is 9.65. The molecule has 3 aliphatic heterocycles. The standard InChI is InChI=1S/C28H43N7O/c1-20-26-24(8-9-25(30-26)34-12-6-4-5-7-13-34)35(31-20)27(36)29-21-10-14-32(15-11-21)16-17-33-18-22-23(19-33)28(22,2)3/h8-9,21-23H,4-7,10-19H2,1-3H3,(H,29,36). The van der Waals surface area contributed by atoms with Crippen LogP contribution in [0.25, 0.3) is 11.0 Å². The summed E-state index contributed by atoms with van der Waals surface area (Å²) in [7, 11) is 0. The third kappa shape index (κ3) is 4.62. The fourth-order valence-corrected chi connectivity index (χ4v) is 6.98. The van der Waals surface area contributed by atoms with Crippen molar-refractivity contribution < 1.29 is 4.79 Å². The number of aromatic nitrogens is 3. The first-order valence-electron chi connectivity index (χ1n) is 14.3. The van der Waals surface area contributed by atoms with Gasteiger partial charge in [0.05, 0.1) is 11.2 Å². The number of hydrogen-bond acceptors (Lipinski definition) is 6. The number of likely N-dealkylation sites (tertiary alicyclic amines) is 2. The van der Waals surface area contributed by atoms with Crippen molar-refractivity contribution in [2.24, 2.45) is 17.3 Å². The summed E-state index contributed by atoms with van der Waals surface area (Å²) < 4.78 is 1.52. The van der Waals surface area contributed by atoms with E-state index in [-0.39, 0.29) is 12.1 Å². The van der Waals surface area contributed by atoms with E-state index in [1.807, 2.05) is 13.0 Å². The highest BCUT2D eigenvalue weighted by atomic mass is 16.2. The zero-order chi connectivity index (χ0) is 24.9. The highest BCUT2D eigenvalue weighted by molar-refractivity contribution is 5.90. The number of nitrogens with one attached hydrogen (secondary N) is 1. The lowest BCUT2D eigenvalue weighted by atomic mass is 10.0. The maximum atomic E-state index is 13.2. The molecule has 8 heteroatoms. The van der Waals surface area contributed by atoms with Gasteiger partial charge in [0.15, 0.2) is 0 Å². The van der Waals surface area contributed by atoms with Gasteiger partial charge < -0.3 is 20.0 Å². The second-order valence-corrected chi connectivity index (χ2v) is 12.3. The largest absolute Gasteiger partial charge is 0.357 e. The summed E-state index contributed by atoms with van der Waals surface area (Å²) >= 11 is 0. The highest BCUT2D eigenvalue weighted by Crippen LogP contribution is 2.61. The number of aryl methyl sites for hydroxylation is 1. The van der Waals surface area contributed by atoms with Crippen LogP contribution in [-0.4, -0.2) is 89.0 Å². The molecule has 196 valence electrons. The van der Waals surface area contributed by atoms with E-state index in [9.17, 15) is 4.79 Å². The van der Waals surface area contributed by atoms with Crippen molar-refractivity contribution >= 4 is 22.9 Å². The van der Waals surface area contributed by atoms with Crippen molar-refractivity contribution in [2.75, 3.05) is 57.3 Å². The summed E-state index contributed by atoms with van der Waals surface area (Å²) in [5.41, 5.74) is 3.04. The van der Waals surface area contributed by atoms with Gasteiger partial charge in [-0.1, -0.05) is 26.7 Å². The van der Waals surface area contributed by atoms with Gasteiger partial charge in [-0.3, -0.25) is 0 Å². The summed E-state index contributed by atoms with van der Waals surface area (Å²) in [6.07, 6.45) is 7.03. The number of fused-ring (bicyclic) bond motifs is 2. The van der Waals surface area contributed by atoms with E-state index in [4.69, 9.17) is 4.98 Å². The molecule has 2 aromatic heterocycles. The lowest BCUT2D eigenvalue weighted by molar-refractivity contribution is 0.163. The van der Waals surface area contributed by atoms with E-state index in [1.54, 1.807) is 0 Å². The molecule has 36 heavy (non-hydrogen) atoms. The molecule has 0 aromatic carbocycles. The van der Waals surface area contributed by atoms with Gasteiger partial charge >= 0.3 is 6.03 Å². The Morgan fingerprint density at radius 2 is 1.64 bits per heavy atom. The number of piperidine rings is 2. The molecule has 4 fully saturated rings. The fraction of sp³-hybridized carbons (Fsp3) is 0.750. The second-order valence-electron chi connectivity index (χ2n) is 12.3. The molecule has 0 radical (unpaired) electrons. The maximum absolute atomic E-state index is 13.2. The molecule has 1 saturated carbocycles. The molecular formula is C28H43N7O. The van der Waals surface area contributed by atoms with E-state index in [0.717, 1.165) is 79.9 Å². The first-order chi connectivity index (χ1) is 17.4. The average Bonchev–Trinajstić information content (AvgIpc) is 3.09. The smallest absolute Gasteiger partial charge is 0.342 e. The van der Waals surface area contributed by atoms with E-state index in [2.05, 4.69) is 45.0 Å². The van der Waals surface area contributed by atoms with Crippen molar-refractivity contribution in [3.8, 4) is 0 Å². The summed E-state index contributed by atoms with van der Waals surface area (Å²) in [6, 6.07) is 4.16. The zero-order valence-electron chi connectivity index (χ0n) is 22.4. The molecule has 0 bridgehead atoms. The number of carbonyl (C=O) groups excluding carboxylic acids is 1. The molecule has 1 aliphatic carbocycles. The lowest BCUT2D eigenvalue weighted by Gasteiger charge is -2.33. The Morgan fingerprint density at radius 3 is 2.33 bits per heavy atom. The number of nitrogens with zero attached hydrogens (tertiary/aromatic N) is 6. The number of anilines is 1. The minimum Gasteiger partial charge on any atom is -0.357 e. The molecule has 2 aromatic rings. The van der Waals surface area contributed by atoms with E-state index >= 15 is 0 Å². The summed E-state index contributed by atoms with van der Waals surface area (Å²) in [4.78, 5) is 25.7. The Morgan fingerprint density at radius 1 is 0.972 bits per heavy atom. The molecular weight excluding hydrogens is 450 g/mol. The molecule has 1 N–H and O–H groups in total. The predicted octanol–water partition coefficient (Wildman–Crippen LogP) is 3.73. The summed E-state index contributed by atoms with van der Waals surface area (Å²) in [6.45, 7) is 15.9. The number of pyridine rings is 1. The van der Waals surface area contributed by atoms with Gasteiger partial charge in [-0.05, 0) is 62.0 Å². The monoisotopic (exact) mass is 493 g/mol. The van der Waals surface area contributed by atoms with E-state index in [0.29, 0.717) is 5.41 Å². The van der Waals surface area contributed by atoms with E-state index in [1.165, 1.54) is 50.0 Å². The van der Waals surface area contributed by atoms with Crippen molar-refractivity contribution in [3.05, 3.63) is 17.8 Å². The van der Waals surface area contributed by atoms with Crippen LogP contribution >= 0.6 is 0 Å². The van der Waals surface area contributed by atoms with Gasteiger partial charge in [0.2, 0.25) is 0 Å². The van der Waals surface area contributed by atoms with Crippen LogP contribution in [-0.2, 0) is 0 Å². The number of carbonyl (C=O) groups is 1. The molecule has 2 atom stereocenters. The van der Waals surface area contributed by atoms with Gasteiger partial charge in [-0.25, -0.2) is 9.78 Å². The molecule has 2 unspecified atom stereocenters. The van der Waals surface area contributed by atoms with Crippen LogP contribution in [0.2, 0.25) is 0 Å². The van der Waals surface area contributed by atoms with Gasteiger partial charge in [0.1, 0.15) is 11.3 Å². The SMILES string of the molecule is Cc1nn(C(=O)NC2CCN(CCN3CC4C(C3)C4(C)C)CC2)c2ccc(N3CCCCCC3)nc12. The summed E-state index contributed by atoms with van der Waals surface area (Å²) in [5.74, 6) is 2.86. The van der Waals surface area contributed by atoms with Crippen LogP contribution in [0.4, 0.5) is 10.6 Å². The van der Waals surface area contributed by atoms with Crippen molar-refractivity contribution in [1.29, 1.82) is 0 Å². The Balaban J connectivity index is 1.01. The van der Waals surface area contributed by atoms with Crippen LogP contribution in [0, 0.1) is 24.2 Å². The van der Waals surface area contributed by atoms with Crippen LogP contribution in [0.15, 0.2) is 12.1 Å². The maximum Gasteiger partial charge on any atom is 0.342 e. The Kier molecular flexibility index (Phi) is 6.44. The Hall–Kier alpha value is -2.19. The molecule has 0 spiro atoms. The molecule has 4 aliphatic rings. The van der Waals surface area contributed by atoms with Gasteiger partial charge in [0.25, 0.3) is 0 Å². The van der Waals surface area contributed by atoms with Gasteiger partial charge in [-0.15, -0.1) is 0 Å². The summed E-state index contributed by atoms with van der Waals surface area (Å²) in [5, 5.41) is 7.83. The quantitative estimate of drug-likeness (QED) is 0.685. The molecule has 6 rings (SSSR count). The highest BCUT2D eigenvalue weighted by Gasteiger charge is 2.61. The lowest BCUT2D eigenvalue weighted by Crippen LogP contribution is -2.47. The molecule has 5 heterocycles. The fourth-order valence-electron chi connectivity index (χ4n) is 6.98. The number of hydrogen-bond donors (Lipinski definition) is 1. The second kappa shape index (κ2) is 9.60. The first-order valence-corrected chi connectivity index (χ1v) is 14.3. The first kappa shape index (κ1) is 24.2. The minimum atomic E-state index is -0.130. The number of rotatable bonds is 5. The van der Waals surface area contributed by atoms with E-state index < -0.39 is 0 Å². The van der Waals surface area contributed by atoms with Crippen LogP contribution in [0.5, 0.6) is 0 Å². The third-order valence-corrected chi connectivity index (χ3v) is 9.65. The minimum absolute atomic E-state index is 0.130. The van der Waals surface area contributed by atoms with Crippen LogP contribution in [0.3, 0.4) is 0 Å². The Labute approximate surface area is 215 Å². The Bertz CT molecular complexity index is 1080. The normalized spacial score (nSPS) is 27.2. The van der Waals surface area contributed by atoms with Crippen molar-refractivity contribution in [1.82, 2.24) is 29.9 Å². The van der Waals surface area contributed by atoms with Crippen LogP contribution in [0.1, 0.15) is 58.1 Å². The van der Waals surface area contributed by atoms with Crippen LogP contribution < -0.4 is 10.2 Å². The average molecular weight is 494 g/mol. The molecule has 3 saturated heterocycles.